The smallest absolute Gasteiger partial charge is 0.235 e. The quantitative estimate of drug-likeness (QED) is 0.631. The van der Waals surface area contributed by atoms with Gasteiger partial charge in [-0.15, -0.1) is 10.2 Å². The summed E-state index contributed by atoms with van der Waals surface area (Å²) in [5.74, 6) is 0. The average Bonchev–Trinajstić information content (AvgIpc) is 2.62. The van der Waals surface area contributed by atoms with Crippen molar-refractivity contribution < 1.29 is 0 Å². The Kier molecular flexibility index (Phi) is 3.90. The second-order valence-corrected chi connectivity index (χ2v) is 4.86. The third kappa shape index (κ3) is 2.96. The van der Waals surface area contributed by atoms with E-state index in [1.54, 1.807) is 9.91 Å². The lowest BCUT2D eigenvalue weighted by molar-refractivity contribution is 0.182. The molecule has 102 valence electrons. The molecule has 0 bridgehead atoms. The molecule has 2 rings (SSSR count). The van der Waals surface area contributed by atoms with Crippen LogP contribution in [-0.2, 0) is 0 Å². The summed E-state index contributed by atoms with van der Waals surface area (Å²) < 4.78 is 0. The molecule has 1 heterocycles. The van der Waals surface area contributed by atoms with Gasteiger partial charge in [-0.05, 0) is 35.9 Å². The molecule has 0 saturated heterocycles. The fourth-order valence-corrected chi connectivity index (χ4v) is 1.89. The Hall–Kier alpha value is -1.82. The monoisotopic (exact) mass is 280 g/mol. The fourth-order valence-electron chi connectivity index (χ4n) is 1.69. The van der Waals surface area contributed by atoms with Gasteiger partial charge in [0.1, 0.15) is 0 Å². The molecular weight excluding hydrogens is 264 g/mol. The van der Waals surface area contributed by atoms with Crippen molar-refractivity contribution in [1.82, 2.24) is 9.91 Å². The lowest BCUT2D eigenvalue weighted by Crippen LogP contribution is -2.34. The van der Waals surface area contributed by atoms with E-state index in [0.29, 0.717) is 5.29 Å². The summed E-state index contributed by atoms with van der Waals surface area (Å²) in [6.07, 6.45) is -0.291. The maximum Gasteiger partial charge on any atom is 0.235 e. The van der Waals surface area contributed by atoms with Crippen molar-refractivity contribution >= 4 is 28.3 Å². The molecule has 0 amide bonds. The largest absolute Gasteiger partial charge is 0.378 e. The van der Waals surface area contributed by atoms with E-state index < -0.39 is 0 Å². The van der Waals surface area contributed by atoms with Gasteiger partial charge in [0.15, 0.2) is 0 Å². The van der Waals surface area contributed by atoms with Gasteiger partial charge in [-0.3, -0.25) is 5.01 Å². The van der Waals surface area contributed by atoms with Crippen LogP contribution in [0.4, 0.5) is 11.4 Å². The van der Waals surface area contributed by atoms with E-state index in [9.17, 15) is 0 Å². The van der Waals surface area contributed by atoms with Crippen LogP contribution in [0.5, 0.6) is 0 Å². The topological polar surface area (TPSA) is 46.8 Å². The second kappa shape index (κ2) is 5.44. The summed E-state index contributed by atoms with van der Waals surface area (Å²) in [5, 5.41) is 14.6. The molecule has 1 atom stereocenters. The van der Waals surface area contributed by atoms with E-state index in [1.807, 2.05) is 57.4 Å². The maximum atomic E-state index is 5.92. The summed E-state index contributed by atoms with van der Waals surface area (Å²) in [7, 11) is 7.63. The molecule has 1 unspecified atom stereocenters. The molecule has 7 heteroatoms. The van der Waals surface area contributed by atoms with Crippen LogP contribution in [0.25, 0.3) is 0 Å². The molecule has 0 aliphatic carbocycles. The Morgan fingerprint density at radius 2 is 1.84 bits per heavy atom. The third-order valence-electron chi connectivity index (χ3n) is 2.85. The molecule has 0 radical (unpaired) electrons. The predicted molar refractivity (Wildman–Crippen MR) is 77.9 cm³/mol. The number of benzene rings is 1. The molecule has 1 aromatic rings. The van der Waals surface area contributed by atoms with Gasteiger partial charge in [0.05, 0.1) is 5.69 Å². The van der Waals surface area contributed by atoms with Crippen LogP contribution in [0.2, 0.25) is 0 Å². The molecule has 0 spiro atoms. The van der Waals surface area contributed by atoms with E-state index in [4.69, 9.17) is 11.6 Å². The lowest BCUT2D eigenvalue weighted by atomic mass is 10.3. The number of halogens is 1. The van der Waals surface area contributed by atoms with Gasteiger partial charge in [-0.2, -0.15) is 5.11 Å². The van der Waals surface area contributed by atoms with Gasteiger partial charge in [0.25, 0.3) is 0 Å². The number of rotatable bonds is 3. The molecule has 19 heavy (non-hydrogen) atoms. The number of hydrazone groups is 1. The first kappa shape index (κ1) is 13.6. The summed E-state index contributed by atoms with van der Waals surface area (Å²) in [5.41, 5.74) is 1.93. The van der Waals surface area contributed by atoms with Crippen LogP contribution in [0, 0.1) is 0 Å². The zero-order valence-corrected chi connectivity index (χ0v) is 12.2. The van der Waals surface area contributed by atoms with E-state index in [0.717, 1.165) is 11.4 Å². The molecule has 0 fully saturated rings. The summed E-state index contributed by atoms with van der Waals surface area (Å²) in [6, 6.07) is 7.85. The van der Waals surface area contributed by atoms with Crippen LogP contribution in [0.1, 0.15) is 0 Å². The van der Waals surface area contributed by atoms with Crippen molar-refractivity contribution in [1.29, 1.82) is 0 Å². The molecular formula is C12H17ClN6. The molecule has 0 N–H and O–H groups in total. The van der Waals surface area contributed by atoms with Crippen molar-refractivity contribution in [3.63, 3.8) is 0 Å². The summed E-state index contributed by atoms with van der Waals surface area (Å²) in [6.45, 7) is 0. The molecule has 0 aromatic heterocycles. The zero-order valence-electron chi connectivity index (χ0n) is 11.4. The number of azo groups is 1. The minimum atomic E-state index is -0.291. The zero-order chi connectivity index (χ0) is 14.0. The van der Waals surface area contributed by atoms with Gasteiger partial charge in [0.2, 0.25) is 11.6 Å². The highest BCUT2D eigenvalue weighted by atomic mass is 35.5. The summed E-state index contributed by atoms with van der Waals surface area (Å²) >= 11 is 5.92. The van der Waals surface area contributed by atoms with E-state index >= 15 is 0 Å². The number of hydrogen-bond donors (Lipinski definition) is 0. The van der Waals surface area contributed by atoms with Gasteiger partial charge in [-0.25, -0.2) is 0 Å². The highest BCUT2D eigenvalue weighted by Crippen LogP contribution is 2.21. The molecule has 6 nitrogen and oxygen atoms in total. The van der Waals surface area contributed by atoms with Crippen LogP contribution in [-0.4, -0.2) is 49.7 Å². The first-order valence-electron chi connectivity index (χ1n) is 5.87. The minimum Gasteiger partial charge on any atom is -0.378 e. The Bertz CT molecular complexity index is 495. The number of nitrogens with zero attached hydrogens (tertiary/aromatic N) is 6. The third-order valence-corrected chi connectivity index (χ3v) is 3.20. The van der Waals surface area contributed by atoms with Crippen LogP contribution < -0.4 is 4.90 Å². The first-order valence-corrected chi connectivity index (χ1v) is 6.25. The van der Waals surface area contributed by atoms with Crippen molar-refractivity contribution in [2.45, 2.75) is 6.29 Å². The molecule has 1 aromatic carbocycles. The highest BCUT2D eigenvalue weighted by Gasteiger charge is 2.27. The van der Waals surface area contributed by atoms with Gasteiger partial charge >= 0.3 is 0 Å². The Labute approximate surface area is 118 Å². The number of amidine groups is 1. The van der Waals surface area contributed by atoms with Crippen LogP contribution >= 0.6 is 11.6 Å². The lowest BCUT2D eigenvalue weighted by Gasteiger charge is -2.19. The number of anilines is 1. The highest BCUT2D eigenvalue weighted by molar-refractivity contribution is 6.64. The first-order chi connectivity index (χ1) is 8.99. The van der Waals surface area contributed by atoms with Crippen molar-refractivity contribution in [2.75, 3.05) is 33.1 Å². The van der Waals surface area contributed by atoms with E-state index in [-0.39, 0.29) is 6.29 Å². The SMILES string of the molecule is CN(C)c1ccc(N=NC2N(C)N=C(Cl)N2C)cc1. The Balaban J connectivity index is 2.07. The van der Waals surface area contributed by atoms with Crippen LogP contribution in [0.3, 0.4) is 0 Å². The van der Waals surface area contributed by atoms with Crippen molar-refractivity contribution in [2.24, 2.45) is 15.3 Å². The maximum absolute atomic E-state index is 5.92. The molecule has 0 saturated carbocycles. The molecule has 1 aliphatic heterocycles. The summed E-state index contributed by atoms with van der Waals surface area (Å²) in [4.78, 5) is 3.78. The fraction of sp³-hybridized carbons (Fsp3) is 0.417. The van der Waals surface area contributed by atoms with Crippen molar-refractivity contribution in [3.8, 4) is 0 Å². The second-order valence-electron chi connectivity index (χ2n) is 4.53. The van der Waals surface area contributed by atoms with Gasteiger partial charge in [0, 0.05) is 33.9 Å². The van der Waals surface area contributed by atoms with E-state index in [1.165, 1.54) is 0 Å². The molecule has 1 aliphatic rings. The van der Waals surface area contributed by atoms with E-state index in [2.05, 4.69) is 15.3 Å². The number of hydrogen-bond acceptors (Lipinski definition) is 6. The standard InChI is InChI=1S/C12H17ClN6/c1-17(2)10-7-5-9(6-8-10)14-15-12-18(3)11(13)16-19(12)4/h5-8,12H,1-4H3. The van der Waals surface area contributed by atoms with Gasteiger partial charge < -0.3 is 9.80 Å². The Morgan fingerprint density at radius 1 is 1.21 bits per heavy atom. The van der Waals surface area contributed by atoms with Crippen molar-refractivity contribution in [3.05, 3.63) is 24.3 Å². The average molecular weight is 281 g/mol. The normalized spacial score (nSPS) is 19.2. The minimum absolute atomic E-state index is 0.291. The van der Waals surface area contributed by atoms with Crippen LogP contribution in [0.15, 0.2) is 39.6 Å². The predicted octanol–water partition coefficient (Wildman–Crippen LogP) is 2.51. The Morgan fingerprint density at radius 3 is 2.32 bits per heavy atom. The van der Waals surface area contributed by atoms with Gasteiger partial charge in [-0.1, -0.05) is 0 Å².